The van der Waals surface area contributed by atoms with E-state index in [-0.39, 0.29) is 28.9 Å². The second kappa shape index (κ2) is 17.0. The van der Waals surface area contributed by atoms with Crippen LogP contribution in [0.4, 0.5) is 21.9 Å². The molecule has 6 N–H and O–H groups in total. The summed E-state index contributed by atoms with van der Waals surface area (Å²) < 4.78 is 6.75. The molecule has 0 aliphatic carbocycles. The number of hydrogen-bond donors (Lipinski definition) is 6. The first-order valence-electron chi connectivity index (χ1n) is 17.9. The molecule has 0 unspecified atom stereocenters. The van der Waals surface area contributed by atoms with E-state index in [9.17, 15) is 29.1 Å². The number of nitrogens with one attached hydrogen (secondary N) is 5. The number of aromatic nitrogens is 5. The van der Waals surface area contributed by atoms with Gasteiger partial charge in [0.15, 0.2) is 0 Å². The molecular formula is C37H38ClN11O7. The van der Waals surface area contributed by atoms with Crippen molar-refractivity contribution in [3.05, 3.63) is 89.3 Å². The number of fused-ring (bicyclic) bond motifs is 1. The van der Waals surface area contributed by atoms with Gasteiger partial charge in [-0.05, 0) is 83.4 Å². The molecule has 7 rings (SSSR count). The van der Waals surface area contributed by atoms with E-state index >= 15 is 0 Å². The minimum atomic E-state index is -1.25. The van der Waals surface area contributed by atoms with Gasteiger partial charge in [-0.15, -0.1) is 5.10 Å². The average molecular weight is 784 g/mol. The van der Waals surface area contributed by atoms with Crippen molar-refractivity contribution in [1.82, 2.24) is 40.3 Å². The van der Waals surface area contributed by atoms with Crippen LogP contribution in [0.15, 0.2) is 73.1 Å². The van der Waals surface area contributed by atoms with Gasteiger partial charge in [-0.1, -0.05) is 23.7 Å². The summed E-state index contributed by atoms with van der Waals surface area (Å²) in [6, 6.07) is 16.6. The summed E-state index contributed by atoms with van der Waals surface area (Å²) in [5.74, 6) is -3.97. The summed E-state index contributed by atoms with van der Waals surface area (Å²) in [7, 11) is 0. The number of aromatic amines is 1. The highest BCUT2D eigenvalue weighted by atomic mass is 35.5. The number of amides is 5. The molecule has 0 bridgehead atoms. The van der Waals surface area contributed by atoms with Crippen LogP contribution in [-0.4, -0.2) is 121 Å². The number of ether oxygens (including phenoxy) is 1. The molecule has 19 heteroatoms. The fourth-order valence-corrected chi connectivity index (χ4v) is 6.96. The van der Waals surface area contributed by atoms with E-state index < -0.39 is 29.7 Å². The largest absolute Gasteiger partial charge is 0.477 e. The molecule has 0 radical (unpaired) electrons. The van der Waals surface area contributed by atoms with Crippen LogP contribution < -0.4 is 21.3 Å². The van der Waals surface area contributed by atoms with Crippen LogP contribution in [0.1, 0.15) is 28.9 Å². The first kappa shape index (κ1) is 37.9. The first-order chi connectivity index (χ1) is 27.1. The standard InChI is InChI=1S/C37H38ClN11O7/c38-24-3-8-32(49-21-39-45-46-49)29(20-24)43-34(51)35(52)44-30(33(50)40-26-6-7-28-23(18-26)19-31(42-28)36(53)54)17-22-1-4-25(5-2-22)41-37(55)48-11-9-27(10-12-48)47-13-15-56-16-14-47/h1-8,18-21,27,30,42H,9-17H2,(H,40,50)(H,41,55)(H,43,51)(H,44,52)(H,53,54)/t30-/m0/s1. The number of rotatable bonds is 10. The van der Waals surface area contributed by atoms with Gasteiger partial charge in [-0.2, -0.15) is 4.68 Å². The average Bonchev–Trinajstić information content (AvgIpc) is 3.90. The number of piperidine rings is 1. The van der Waals surface area contributed by atoms with E-state index in [1.165, 1.54) is 23.1 Å². The number of carbonyl (C=O) groups excluding carboxylic acids is 4. The predicted molar refractivity (Wildman–Crippen MR) is 205 cm³/mol. The maximum Gasteiger partial charge on any atom is 0.352 e. The Labute approximate surface area is 324 Å². The van der Waals surface area contributed by atoms with Gasteiger partial charge in [0.25, 0.3) is 0 Å². The number of carbonyl (C=O) groups is 5. The fraction of sp³-hybridized carbons (Fsp3) is 0.297. The van der Waals surface area contributed by atoms with Gasteiger partial charge in [0.05, 0.1) is 24.6 Å². The molecule has 2 aliphatic heterocycles. The molecule has 0 saturated carbocycles. The Morgan fingerprint density at radius 3 is 2.34 bits per heavy atom. The molecule has 2 saturated heterocycles. The van der Waals surface area contributed by atoms with Gasteiger partial charge in [-0.25, -0.2) is 9.59 Å². The second-order valence-corrected chi connectivity index (χ2v) is 13.8. The molecule has 2 fully saturated rings. The third-order valence-electron chi connectivity index (χ3n) is 9.71. The smallest absolute Gasteiger partial charge is 0.352 e. The molecule has 1 atom stereocenters. The summed E-state index contributed by atoms with van der Waals surface area (Å²) >= 11 is 6.17. The number of halogens is 1. The molecule has 3 aromatic carbocycles. The van der Waals surface area contributed by atoms with E-state index in [1.807, 2.05) is 0 Å². The zero-order valence-electron chi connectivity index (χ0n) is 29.9. The molecule has 2 aliphatic rings. The SMILES string of the molecule is O=C(Nc1cc(Cl)ccc1-n1cnnn1)C(=O)N[C@@H](Cc1ccc(NC(=O)N2CCC(N3CCOCC3)CC2)cc1)C(=O)Nc1ccc2[nH]c(C(=O)O)cc2c1. The van der Waals surface area contributed by atoms with Gasteiger partial charge in [0.1, 0.15) is 18.1 Å². The van der Waals surface area contributed by atoms with Crippen LogP contribution in [0.25, 0.3) is 16.6 Å². The third-order valence-corrected chi connectivity index (χ3v) is 9.94. The number of hydrogen-bond acceptors (Lipinski definition) is 10. The highest BCUT2D eigenvalue weighted by molar-refractivity contribution is 6.40. The van der Waals surface area contributed by atoms with Crippen LogP contribution in [0.5, 0.6) is 0 Å². The first-order valence-corrected chi connectivity index (χ1v) is 18.3. The molecule has 2 aromatic heterocycles. The number of carboxylic acids is 1. The normalized spacial score (nSPS) is 15.6. The lowest BCUT2D eigenvalue weighted by Gasteiger charge is -2.40. The Morgan fingerprint density at radius 1 is 0.875 bits per heavy atom. The molecule has 56 heavy (non-hydrogen) atoms. The molecule has 290 valence electrons. The molecule has 18 nitrogen and oxygen atoms in total. The predicted octanol–water partition coefficient (Wildman–Crippen LogP) is 3.13. The zero-order valence-corrected chi connectivity index (χ0v) is 30.7. The number of carboxylic acid groups (broad SMARTS) is 1. The van der Waals surface area contributed by atoms with Gasteiger partial charge >= 0.3 is 23.8 Å². The van der Waals surface area contributed by atoms with Gasteiger partial charge in [0.2, 0.25) is 5.91 Å². The Balaban J connectivity index is 1.03. The summed E-state index contributed by atoms with van der Waals surface area (Å²) in [5, 5.41) is 32.0. The number of H-pyrrole nitrogens is 1. The summed E-state index contributed by atoms with van der Waals surface area (Å²) in [6.07, 6.45) is 3.05. The summed E-state index contributed by atoms with van der Waals surface area (Å²) in [5.41, 5.74) is 2.52. The summed E-state index contributed by atoms with van der Waals surface area (Å²) in [4.78, 5) is 72.0. The lowest BCUT2D eigenvalue weighted by Crippen LogP contribution is -2.50. The van der Waals surface area contributed by atoms with Crippen molar-refractivity contribution in [2.45, 2.75) is 31.3 Å². The Morgan fingerprint density at radius 2 is 1.62 bits per heavy atom. The van der Waals surface area contributed by atoms with Crippen LogP contribution in [0, 0.1) is 0 Å². The maximum atomic E-state index is 13.8. The molecule has 4 heterocycles. The quantitative estimate of drug-likeness (QED) is 0.113. The number of nitrogens with zero attached hydrogens (tertiary/aromatic N) is 6. The number of morpholine rings is 1. The molecule has 5 amide bonds. The van der Waals surface area contributed by atoms with Crippen molar-refractivity contribution in [1.29, 1.82) is 0 Å². The molecule has 5 aromatic rings. The number of aromatic carboxylic acids is 1. The highest BCUT2D eigenvalue weighted by Gasteiger charge is 2.29. The highest BCUT2D eigenvalue weighted by Crippen LogP contribution is 2.25. The third kappa shape index (κ3) is 9.11. The van der Waals surface area contributed by atoms with Crippen LogP contribution in [0.2, 0.25) is 5.02 Å². The molecule has 0 spiro atoms. The number of urea groups is 1. The van der Waals surface area contributed by atoms with E-state index in [4.69, 9.17) is 16.3 Å². The molecular weight excluding hydrogens is 746 g/mol. The minimum Gasteiger partial charge on any atom is -0.477 e. The van der Waals surface area contributed by atoms with Gasteiger partial charge in [0, 0.05) is 65.9 Å². The number of anilines is 3. The number of benzene rings is 3. The van der Waals surface area contributed by atoms with Gasteiger partial charge in [-0.3, -0.25) is 19.3 Å². The lowest BCUT2D eigenvalue weighted by atomic mass is 10.0. The summed E-state index contributed by atoms with van der Waals surface area (Å²) in [6.45, 7) is 4.58. The van der Waals surface area contributed by atoms with Crippen LogP contribution in [0.3, 0.4) is 0 Å². The fourth-order valence-electron chi connectivity index (χ4n) is 6.79. The monoisotopic (exact) mass is 783 g/mol. The maximum absolute atomic E-state index is 13.8. The van der Waals surface area contributed by atoms with Crippen molar-refractivity contribution in [2.75, 3.05) is 55.3 Å². The number of likely N-dealkylation sites (tertiary alicyclic amines) is 1. The van der Waals surface area contributed by atoms with Crippen molar-refractivity contribution in [2.24, 2.45) is 0 Å². The Bertz CT molecular complexity index is 2230. The van der Waals surface area contributed by atoms with Crippen molar-refractivity contribution in [3.8, 4) is 5.69 Å². The van der Waals surface area contributed by atoms with E-state index in [2.05, 4.69) is 46.7 Å². The van der Waals surface area contributed by atoms with E-state index in [0.29, 0.717) is 52.7 Å². The Hall–Kier alpha value is -6.37. The second-order valence-electron chi connectivity index (χ2n) is 13.4. The lowest BCUT2D eigenvalue weighted by molar-refractivity contribution is -0.137. The van der Waals surface area contributed by atoms with Crippen LogP contribution in [-0.2, 0) is 25.5 Å². The van der Waals surface area contributed by atoms with Crippen molar-refractivity contribution < 1.29 is 33.8 Å². The van der Waals surface area contributed by atoms with Crippen molar-refractivity contribution in [3.63, 3.8) is 0 Å². The van der Waals surface area contributed by atoms with E-state index in [1.54, 1.807) is 59.5 Å². The topological polar surface area (TPSA) is 229 Å². The van der Waals surface area contributed by atoms with Crippen LogP contribution >= 0.6 is 11.6 Å². The van der Waals surface area contributed by atoms with Crippen molar-refractivity contribution >= 4 is 69.3 Å². The van der Waals surface area contributed by atoms with Gasteiger partial charge < -0.3 is 41.0 Å². The number of tetrazole rings is 1. The zero-order chi connectivity index (χ0) is 39.2. The Kier molecular flexibility index (Phi) is 11.5. The van der Waals surface area contributed by atoms with E-state index in [0.717, 1.165) is 39.1 Å². The minimum absolute atomic E-state index is 0.0180.